The molecule has 2 aromatic carbocycles. The SMILES string of the molecule is Cc1cn(-c2ccccc2)c(Nc2cccc(C)c2Br)n1. The summed E-state index contributed by atoms with van der Waals surface area (Å²) in [5, 5.41) is 3.41. The number of nitrogens with zero attached hydrogens (tertiary/aromatic N) is 2. The molecular formula is C17H16BrN3. The van der Waals surface area contributed by atoms with Crippen LogP contribution in [0.5, 0.6) is 0 Å². The Hall–Kier alpha value is -2.07. The Bertz CT molecular complexity index is 763. The van der Waals surface area contributed by atoms with Crippen LogP contribution in [-0.2, 0) is 0 Å². The van der Waals surface area contributed by atoms with Gasteiger partial charge in [-0.1, -0.05) is 30.3 Å². The molecule has 0 aliphatic carbocycles. The molecule has 1 N–H and O–H groups in total. The number of halogens is 1. The van der Waals surface area contributed by atoms with Crippen molar-refractivity contribution in [2.24, 2.45) is 0 Å². The lowest BCUT2D eigenvalue weighted by Gasteiger charge is -2.12. The number of hydrogen-bond donors (Lipinski definition) is 1. The molecule has 0 aliphatic rings. The fourth-order valence-corrected chi connectivity index (χ4v) is 2.60. The van der Waals surface area contributed by atoms with Gasteiger partial charge in [0.25, 0.3) is 0 Å². The molecule has 1 heterocycles. The van der Waals surface area contributed by atoms with E-state index in [1.807, 2.05) is 43.5 Å². The van der Waals surface area contributed by atoms with Crippen molar-refractivity contribution in [1.82, 2.24) is 9.55 Å². The van der Waals surface area contributed by atoms with Crippen LogP contribution in [0.2, 0.25) is 0 Å². The van der Waals surface area contributed by atoms with Gasteiger partial charge >= 0.3 is 0 Å². The molecule has 3 nitrogen and oxygen atoms in total. The highest BCUT2D eigenvalue weighted by Gasteiger charge is 2.10. The Labute approximate surface area is 132 Å². The van der Waals surface area contributed by atoms with E-state index >= 15 is 0 Å². The van der Waals surface area contributed by atoms with Gasteiger partial charge in [0.1, 0.15) is 0 Å². The highest BCUT2D eigenvalue weighted by Crippen LogP contribution is 2.29. The van der Waals surface area contributed by atoms with Gasteiger partial charge in [-0.15, -0.1) is 0 Å². The second kappa shape index (κ2) is 5.74. The predicted octanol–water partition coefficient (Wildman–Crippen LogP) is 5.00. The van der Waals surface area contributed by atoms with Gasteiger partial charge in [-0.25, -0.2) is 4.98 Å². The molecule has 106 valence electrons. The van der Waals surface area contributed by atoms with Crippen molar-refractivity contribution >= 4 is 27.6 Å². The van der Waals surface area contributed by atoms with Crippen LogP contribution in [0.3, 0.4) is 0 Å². The Kier molecular flexibility index (Phi) is 3.80. The average molecular weight is 342 g/mol. The summed E-state index contributed by atoms with van der Waals surface area (Å²) in [6.45, 7) is 4.07. The van der Waals surface area contributed by atoms with Crippen LogP contribution < -0.4 is 5.32 Å². The molecule has 0 fully saturated rings. The summed E-state index contributed by atoms with van der Waals surface area (Å²) in [4.78, 5) is 4.58. The highest BCUT2D eigenvalue weighted by molar-refractivity contribution is 9.10. The van der Waals surface area contributed by atoms with Gasteiger partial charge in [0.05, 0.1) is 11.4 Å². The van der Waals surface area contributed by atoms with E-state index in [4.69, 9.17) is 0 Å². The van der Waals surface area contributed by atoms with Crippen LogP contribution in [0.25, 0.3) is 5.69 Å². The van der Waals surface area contributed by atoms with Gasteiger partial charge in [0, 0.05) is 16.4 Å². The minimum Gasteiger partial charge on any atom is -0.324 e. The molecule has 0 aliphatic heterocycles. The Morgan fingerprint density at radius 3 is 2.52 bits per heavy atom. The summed E-state index contributed by atoms with van der Waals surface area (Å²) in [5.74, 6) is 0.810. The lowest BCUT2D eigenvalue weighted by atomic mass is 10.2. The summed E-state index contributed by atoms with van der Waals surface area (Å²) < 4.78 is 3.12. The molecule has 0 spiro atoms. The van der Waals surface area contributed by atoms with Crippen LogP contribution in [0, 0.1) is 13.8 Å². The second-order valence-corrected chi connectivity index (χ2v) is 5.77. The van der Waals surface area contributed by atoms with Crippen molar-refractivity contribution in [2.75, 3.05) is 5.32 Å². The molecule has 1 aromatic heterocycles. The lowest BCUT2D eigenvalue weighted by Crippen LogP contribution is -2.01. The number of hydrogen-bond acceptors (Lipinski definition) is 2. The van der Waals surface area contributed by atoms with E-state index in [2.05, 4.69) is 55.9 Å². The van der Waals surface area contributed by atoms with Gasteiger partial charge in [-0.3, -0.25) is 4.57 Å². The van der Waals surface area contributed by atoms with Gasteiger partial charge in [-0.2, -0.15) is 0 Å². The van der Waals surface area contributed by atoms with E-state index in [1.165, 1.54) is 5.56 Å². The molecule has 0 saturated carbocycles. The fraction of sp³-hybridized carbons (Fsp3) is 0.118. The van der Waals surface area contributed by atoms with E-state index in [0.717, 1.165) is 27.5 Å². The van der Waals surface area contributed by atoms with Gasteiger partial charge in [0.15, 0.2) is 0 Å². The van der Waals surface area contributed by atoms with E-state index in [9.17, 15) is 0 Å². The van der Waals surface area contributed by atoms with E-state index in [-0.39, 0.29) is 0 Å². The molecule has 0 saturated heterocycles. The zero-order valence-corrected chi connectivity index (χ0v) is 13.6. The third-order valence-electron chi connectivity index (χ3n) is 3.30. The van der Waals surface area contributed by atoms with Crippen molar-refractivity contribution in [3.63, 3.8) is 0 Å². The third kappa shape index (κ3) is 2.85. The largest absolute Gasteiger partial charge is 0.324 e. The summed E-state index contributed by atoms with van der Waals surface area (Å²) in [7, 11) is 0. The maximum absolute atomic E-state index is 4.58. The Morgan fingerprint density at radius 2 is 1.76 bits per heavy atom. The number of benzene rings is 2. The standard InChI is InChI=1S/C17H16BrN3/c1-12-7-6-10-15(16(12)18)20-17-19-13(2)11-21(17)14-8-4-3-5-9-14/h3-11H,1-2H3,(H,19,20). The number of aryl methyl sites for hydroxylation is 2. The molecule has 0 amide bonds. The van der Waals surface area contributed by atoms with Crippen LogP contribution >= 0.6 is 15.9 Å². The average Bonchev–Trinajstić information content (AvgIpc) is 2.86. The van der Waals surface area contributed by atoms with Crippen molar-refractivity contribution in [2.45, 2.75) is 13.8 Å². The minimum absolute atomic E-state index is 0.810. The molecule has 0 atom stereocenters. The summed E-state index contributed by atoms with van der Waals surface area (Å²) in [5.41, 5.74) is 4.27. The lowest BCUT2D eigenvalue weighted by molar-refractivity contribution is 1.06. The number of aromatic nitrogens is 2. The predicted molar refractivity (Wildman–Crippen MR) is 90.5 cm³/mol. The van der Waals surface area contributed by atoms with Crippen molar-refractivity contribution in [3.05, 3.63) is 70.5 Å². The number of anilines is 2. The van der Waals surface area contributed by atoms with E-state index < -0.39 is 0 Å². The van der Waals surface area contributed by atoms with Gasteiger partial charge in [0.2, 0.25) is 5.95 Å². The molecular weight excluding hydrogens is 326 g/mol. The molecule has 0 bridgehead atoms. The maximum Gasteiger partial charge on any atom is 0.212 e. The first-order valence-corrected chi connectivity index (χ1v) is 7.58. The monoisotopic (exact) mass is 341 g/mol. The molecule has 4 heteroatoms. The van der Waals surface area contributed by atoms with Crippen molar-refractivity contribution in [3.8, 4) is 5.69 Å². The highest BCUT2D eigenvalue weighted by atomic mass is 79.9. The molecule has 21 heavy (non-hydrogen) atoms. The number of imidazole rings is 1. The normalized spacial score (nSPS) is 10.6. The topological polar surface area (TPSA) is 29.9 Å². The number of rotatable bonds is 3. The van der Waals surface area contributed by atoms with Crippen LogP contribution in [0.4, 0.5) is 11.6 Å². The van der Waals surface area contributed by atoms with Crippen LogP contribution in [0.1, 0.15) is 11.3 Å². The third-order valence-corrected chi connectivity index (χ3v) is 4.35. The first-order valence-electron chi connectivity index (χ1n) is 6.78. The summed E-state index contributed by atoms with van der Waals surface area (Å²) >= 11 is 3.63. The second-order valence-electron chi connectivity index (χ2n) is 4.97. The summed E-state index contributed by atoms with van der Waals surface area (Å²) in [6.07, 6.45) is 2.03. The molecule has 0 radical (unpaired) electrons. The first kappa shape index (κ1) is 13.9. The first-order chi connectivity index (χ1) is 10.1. The summed E-state index contributed by atoms with van der Waals surface area (Å²) in [6, 6.07) is 16.3. The van der Waals surface area contributed by atoms with E-state index in [0.29, 0.717) is 0 Å². The van der Waals surface area contributed by atoms with Crippen molar-refractivity contribution < 1.29 is 0 Å². The van der Waals surface area contributed by atoms with Gasteiger partial charge in [-0.05, 0) is 53.5 Å². The Morgan fingerprint density at radius 1 is 1.00 bits per heavy atom. The number of para-hydroxylation sites is 1. The Balaban J connectivity index is 2.02. The molecule has 3 rings (SSSR count). The van der Waals surface area contributed by atoms with Gasteiger partial charge < -0.3 is 5.32 Å². The fourth-order valence-electron chi connectivity index (χ4n) is 2.24. The van der Waals surface area contributed by atoms with E-state index in [1.54, 1.807) is 0 Å². The molecule has 3 aromatic rings. The minimum atomic E-state index is 0.810. The maximum atomic E-state index is 4.58. The van der Waals surface area contributed by atoms with Crippen LogP contribution in [0.15, 0.2) is 59.2 Å². The van der Waals surface area contributed by atoms with Crippen LogP contribution in [-0.4, -0.2) is 9.55 Å². The smallest absolute Gasteiger partial charge is 0.212 e. The quantitative estimate of drug-likeness (QED) is 0.726. The van der Waals surface area contributed by atoms with Crippen molar-refractivity contribution in [1.29, 1.82) is 0 Å². The zero-order valence-electron chi connectivity index (χ0n) is 12.0. The zero-order chi connectivity index (χ0) is 14.8. The molecule has 0 unspecified atom stereocenters. The number of nitrogens with one attached hydrogen (secondary N) is 1.